The number of hydrogen-bond donors (Lipinski definition) is 2. The average molecular weight is 308 g/mol. The van der Waals surface area contributed by atoms with Crippen LogP contribution in [-0.4, -0.2) is 20.5 Å². The highest BCUT2D eigenvalue weighted by atomic mass is 32.2. The smallest absolute Gasteiger partial charge is 0.240 e. The molecule has 21 heavy (non-hydrogen) atoms. The topological polar surface area (TPSA) is 72.2 Å². The van der Waals surface area contributed by atoms with Crippen molar-refractivity contribution < 1.29 is 8.42 Å². The lowest BCUT2D eigenvalue weighted by molar-refractivity contribution is 0.327. The number of rotatable bonds is 4. The third-order valence-electron chi connectivity index (χ3n) is 4.76. The van der Waals surface area contributed by atoms with Gasteiger partial charge in [-0.25, -0.2) is 13.1 Å². The maximum absolute atomic E-state index is 12.3. The highest BCUT2D eigenvalue weighted by Gasteiger charge is 2.30. The van der Waals surface area contributed by atoms with Crippen LogP contribution in [0.5, 0.6) is 0 Å². The van der Waals surface area contributed by atoms with E-state index in [2.05, 4.69) is 4.72 Å². The quantitative estimate of drug-likeness (QED) is 0.897. The van der Waals surface area contributed by atoms with Crippen LogP contribution < -0.4 is 10.5 Å². The average Bonchev–Trinajstić information content (AvgIpc) is 2.46. The molecule has 3 N–H and O–H groups in total. The second-order valence-electron chi connectivity index (χ2n) is 6.45. The highest BCUT2D eigenvalue weighted by Crippen LogP contribution is 2.33. The number of nitrogens with one attached hydrogen (secondary N) is 1. The van der Waals surface area contributed by atoms with Crippen LogP contribution in [0.2, 0.25) is 0 Å². The van der Waals surface area contributed by atoms with Crippen molar-refractivity contribution in [2.24, 2.45) is 5.73 Å². The number of sulfonamides is 1. The van der Waals surface area contributed by atoms with Crippen molar-refractivity contribution in [1.29, 1.82) is 0 Å². The third kappa shape index (κ3) is 3.47. The summed E-state index contributed by atoms with van der Waals surface area (Å²) in [6.07, 6.45) is 7.83. The minimum Gasteiger partial charge on any atom is -0.328 e. The summed E-state index contributed by atoms with van der Waals surface area (Å²) in [7, 11) is -3.40. The van der Waals surface area contributed by atoms with Gasteiger partial charge in [-0.3, -0.25) is 0 Å². The van der Waals surface area contributed by atoms with E-state index < -0.39 is 10.0 Å². The molecule has 0 atom stereocenters. The summed E-state index contributed by atoms with van der Waals surface area (Å²) in [6, 6.07) is 7.60. The minimum atomic E-state index is -3.40. The van der Waals surface area contributed by atoms with E-state index in [9.17, 15) is 8.42 Å². The van der Waals surface area contributed by atoms with E-state index in [1.165, 1.54) is 37.7 Å². The van der Waals surface area contributed by atoms with Crippen molar-refractivity contribution >= 4 is 10.0 Å². The molecule has 0 saturated heterocycles. The third-order valence-corrected chi connectivity index (χ3v) is 6.30. The van der Waals surface area contributed by atoms with Gasteiger partial charge in [0.15, 0.2) is 0 Å². The predicted molar refractivity (Wildman–Crippen MR) is 83.6 cm³/mol. The molecule has 0 aliphatic heterocycles. The molecule has 3 rings (SSSR count). The van der Waals surface area contributed by atoms with Crippen LogP contribution in [0, 0.1) is 0 Å². The molecule has 0 radical (unpaired) electrons. The Morgan fingerprint density at radius 1 is 1.00 bits per heavy atom. The van der Waals surface area contributed by atoms with Gasteiger partial charge in [0.2, 0.25) is 10.0 Å². The van der Waals surface area contributed by atoms with Gasteiger partial charge in [-0.2, -0.15) is 0 Å². The van der Waals surface area contributed by atoms with Crippen molar-refractivity contribution in [2.75, 3.05) is 0 Å². The Labute approximate surface area is 127 Å². The van der Waals surface area contributed by atoms with Gasteiger partial charge in [0, 0.05) is 12.1 Å². The summed E-state index contributed by atoms with van der Waals surface area (Å²) in [6.45, 7) is 0. The Kier molecular flexibility index (Phi) is 4.33. The van der Waals surface area contributed by atoms with E-state index >= 15 is 0 Å². The Morgan fingerprint density at radius 3 is 2.19 bits per heavy atom. The molecule has 0 bridgehead atoms. The Bertz CT molecular complexity index is 571. The molecule has 2 aliphatic carbocycles. The molecule has 0 amide bonds. The first-order chi connectivity index (χ1) is 10.0. The number of hydrogen-bond acceptors (Lipinski definition) is 3. The molecule has 0 aromatic heterocycles. The highest BCUT2D eigenvalue weighted by molar-refractivity contribution is 7.89. The zero-order valence-corrected chi connectivity index (χ0v) is 13.1. The summed E-state index contributed by atoms with van der Waals surface area (Å²) in [5, 5.41) is 0. The van der Waals surface area contributed by atoms with Crippen molar-refractivity contribution in [2.45, 2.75) is 67.8 Å². The zero-order valence-electron chi connectivity index (χ0n) is 12.3. The lowest BCUT2D eigenvalue weighted by Crippen LogP contribution is -2.50. The van der Waals surface area contributed by atoms with E-state index in [0.717, 1.165) is 12.8 Å². The second-order valence-corrected chi connectivity index (χ2v) is 8.17. The van der Waals surface area contributed by atoms with E-state index in [1.54, 1.807) is 12.1 Å². The van der Waals surface area contributed by atoms with E-state index in [-0.39, 0.29) is 12.1 Å². The molecule has 1 aromatic carbocycles. The Morgan fingerprint density at radius 2 is 1.62 bits per heavy atom. The molecule has 0 unspecified atom stereocenters. The van der Waals surface area contributed by atoms with Crippen LogP contribution in [0.15, 0.2) is 29.2 Å². The van der Waals surface area contributed by atoms with E-state index in [4.69, 9.17) is 5.73 Å². The monoisotopic (exact) mass is 308 g/mol. The maximum atomic E-state index is 12.3. The molecule has 1 aromatic rings. The lowest BCUT2D eigenvalue weighted by atomic mass is 9.84. The fourth-order valence-corrected chi connectivity index (χ4v) is 4.66. The fourth-order valence-electron chi connectivity index (χ4n) is 3.40. The number of benzene rings is 1. The SMILES string of the molecule is NC1CC(NS(=O)(=O)c2ccc(C3CCCCC3)cc2)C1. The number of nitrogens with two attached hydrogens (primary N) is 1. The van der Waals surface area contributed by atoms with Gasteiger partial charge in [0.05, 0.1) is 4.90 Å². The van der Waals surface area contributed by atoms with Crippen LogP contribution >= 0.6 is 0 Å². The van der Waals surface area contributed by atoms with Gasteiger partial charge in [-0.15, -0.1) is 0 Å². The molecule has 0 heterocycles. The van der Waals surface area contributed by atoms with Gasteiger partial charge in [0.25, 0.3) is 0 Å². The van der Waals surface area contributed by atoms with Gasteiger partial charge in [-0.05, 0) is 49.3 Å². The molecule has 2 fully saturated rings. The fraction of sp³-hybridized carbons (Fsp3) is 0.625. The normalized spacial score (nSPS) is 27.3. The maximum Gasteiger partial charge on any atom is 0.240 e. The van der Waals surface area contributed by atoms with E-state index in [0.29, 0.717) is 10.8 Å². The molecule has 2 aliphatic rings. The molecule has 5 heteroatoms. The van der Waals surface area contributed by atoms with Crippen molar-refractivity contribution in [3.05, 3.63) is 29.8 Å². The molecular formula is C16H24N2O2S. The Hall–Kier alpha value is -0.910. The summed E-state index contributed by atoms with van der Waals surface area (Å²) < 4.78 is 27.3. The van der Waals surface area contributed by atoms with Crippen molar-refractivity contribution in [3.8, 4) is 0 Å². The summed E-state index contributed by atoms with van der Waals surface area (Å²) in [5.41, 5.74) is 6.97. The largest absolute Gasteiger partial charge is 0.328 e. The molecule has 0 spiro atoms. The van der Waals surface area contributed by atoms with Crippen LogP contribution in [0.1, 0.15) is 56.4 Å². The van der Waals surface area contributed by atoms with Crippen LogP contribution in [0.3, 0.4) is 0 Å². The van der Waals surface area contributed by atoms with Gasteiger partial charge in [0.1, 0.15) is 0 Å². The Balaban J connectivity index is 1.68. The first-order valence-electron chi connectivity index (χ1n) is 7.92. The van der Waals surface area contributed by atoms with Crippen molar-refractivity contribution in [3.63, 3.8) is 0 Å². The van der Waals surface area contributed by atoms with Gasteiger partial charge < -0.3 is 5.73 Å². The molecule has 4 nitrogen and oxygen atoms in total. The van der Waals surface area contributed by atoms with Gasteiger partial charge in [-0.1, -0.05) is 31.4 Å². The summed E-state index contributed by atoms with van der Waals surface area (Å²) in [4.78, 5) is 0.363. The minimum absolute atomic E-state index is 0.00280. The lowest BCUT2D eigenvalue weighted by Gasteiger charge is -2.32. The van der Waals surface area contributed by atoms with E-state index in [1.807, 2.05) is 12.1 Å². The molecule has 116 valence electrons. The zero-order chi connectivity index (χ0) is 14.9. The first-order valence-corrected chi connectivity index (χ1v) is 9.41. The van der Waals surface area contributed by atoms with Gasteiger partial charge >= 0.3 is 0 Å². The second kappa shape index (κ2) is 6.07. The van der Waals surface area contributed by atoms with Crippen LogP contribution in [0.4, 0.5) is 0 Å². The first kappa shape index (κ1) is 15.0. The summed E-state index contributed by atoms with van der Waals surface area (Å²) >= 11 is 0. The standard InChI is InChI=1S/C16H24N2O2S/c17-14-10-15(11-14)18-21(19,20)16-8-6-13(7-9-16)12-4-2-1-3-5-12/h6-9,12,14-15,18H,1-5,10-11,17H2. The summed E-state index contributed by atoms with van der Waals surface area (Å²) in [5.74, 6) is 0.605. The van der Waals surface area contributed by atoms with Crippen LogP contribution in [-0.2, 0) is 10.0 Å². The molecule has 2 saturated carbocycles. The van der Waals surface area contributed by atoms with Crippen molar-refractivity contribution in [1.82, 2.24) is 4.72 Å². The van der Waals surface area contributed by atoms with Crippen LogP contribution in [0.25, 0.3) is 0 Å². The molecular weight excluding hydrogens is 284 g/mol. The predicted octanol–water partition coefficient (Wildman–Crippen LogP) is 2.50.